The highest BCUT2D eigenvalue weighted by molar-refractivity contribution is 7.07. The number of rotatable bonds is 5. The van der Waals surface area contributed by atoms with Gasteiger partial charge in [-0.05, 0) is 47.7 Å². The van der Waals surface area contributed by atoms with Gasteiger partial charge in [-0.1, -0.05) is 12.1 Å². The summed E-state index contributed by atoms with van der Waals surface area (Å²) in [6, 6.07) is 8.91. The number of aryl methyl sites for hydroxylation is 1. The first kappa shape index (κ1) is 16.6. The van der Waals surface area contributed by atoms with Crippen LogP contribution in [-0.2, 0) is 11.2 Å². The van der Waals surface area contributed by atoms with E-state index in [0.717, 1.165) is 18.5 Å². The molecule has 1 saturated heterocycles. The number of benzene rings is 1. The summed E-state index contributed by atoms with van der Waals surface area (Å²) in [4.78, 5) is 24.9. The average molecular weight is 344 g/mol. The molecule has 2 atom stereocenters. The zero-order valence-corrected chi connectivity index (χ0v) is 14.4. The van der Waals surface area contributed by atoms with Gasteiger partial charge in [-0.2, -0.15) is 11.3 Å². The molecule has 1 aromatic carbocycles. The molecule has 0 N–H and O–H groups in total. The lowest BCUT2D eigenvalue weighted by atomic mass is 10.00. The molecule has 1 amide bonds. The maximum absolute atomic E-state index is 12.6. The third kappa shape index (κ3) is 3.64. The van der Waals surface area contributed by atoms with Crippen LogP contribution in [0.15, 0.2) is 41.1 Å². The van der Waals surface area contributed by atoms with Gasteiger partial charge >= 0.3 is 0 Å². The molecule has 1 aromatic heterocycles. The van der Waals surface area contributed by atoms with Crippen molar-refractivity contribution in [3.8, 4) is 0 Å². The van der Waals surface area contributed by atoms with E-state index in [0.29, 0.717) is 18.8 Å². The van der Waals surface area contributed by atoms with Crippen molar-refractivity contribution < 1.29 is 9.72 Å². The summed E-state index contributed by atoms with van der Waals surface area (Å²) in [5.41, 5.74) is 2.23. The normalized spacial score (nSPS) is 20.3. The summed E-state index contributed by atoms with van der Waals surface area (Å²) in [6.45, 7) is 2.86. The minimum atomic E-state index is -0.403. The number of carbonyl (C=O) groups is 1. The number of nitro benzene ring substituents is 1. The van der Waals surface area contributed by atoms with Crippen molar-refractivity contribution in [1.82, 2.24) is 4.90 Å². The van der Waals surface area contributed by atoms with Crippen LogP contribution in [0.1, 0.15) is 36.8 Å². The van der Waals surface area contributed by atoms with Crippen molar-refractivity contribution in [1.29, 1.82) is 0 Å². The smallest absolute Gasteiger partial charge is 0.269 e. The Hall–Kier alpha value is -2.21. The van der Waals surface area contributed by atoms with Crippen molar-refractivity contribution in [3.05, 3.63) is 62.3 Å². The second-order valence-electron chi connectivity index (χ2n) is 6.31. The van der Waals surface area contributed by atoms with Crippen LogP contribution in [0.3, 0.4) is 0 Å². The largest absolute Gasteiger partial charge is 0.339 e. The number of hydrogen-bond donors (Lipinski definition) is 0. The molecule has 2 aromatic rings. The Morgan fingerprint density at radius 2 is 2.25 bits per heavy atom. The molecule has 126 valence electrons. The summed E-state index contributed by atoms with van der Waals surface area (Å²) in [5, 5.41) is 15.1. The summed E-state index contributed by atoms with van der Waals surface area (Å²) >= 11 is 1.69. The van der Waals surface area contributed by atoms with Gasteiger partial charge in [-0.15, -0.1) is 0 Å². The Morgan fingerprint density at radius 3 is 2.96 bits per heavy atom. The zero-order chi connectivity index (χ0) is 17.1. The number of thiophene rings is 1. The lowest BCUT2D eigenvalue weighted by Gasteiger charge is -2.21. The molecule has 3 rings (SSSR count). The van der Waals surface area contributed by atoms with Crippen molar-refractivity contribution in [2.75, 3.05) is 6.54 Å². The molecule has 0 bridgehead atoms. The summed E-state index contributed by atoms with van der Waals surface area (Å²) < 4.78 is 0. The quantitative estimate of drug-likeness (QED) is 0.608. The number of nitro groups is 1. The van der Waals surface area contributed by atoms with Gasteiger partial charge in [-0.25, -0.2) is 0 Å². The monoisotopic (exact) mass is 344 g/mol. The van der Waals surface area contributed by atoms with E-state index in [1.54, 1.807) is 23.5 Å². The van der Waals surface area contributed by atoms with Crippen molar-refractivity contribution in [2.45, 2.75) is 38.1 Å². The molecule has 2 heterocycles. The zero-order valence-electron chi connectivity index (χ0n) is 13.6. The minimum Gasteiger partial charge on any atom is -0.339 e. The summed E-state index contributed by atoms with van der Waals surface area (Å²) in [6.07, 6.45) is 1.92. The minimum absolute atomic E-state index is 0.0759. The van der Waals surface area contributed by atoms with Gasteiger partial charge in [0.1, 0.15) is 0 Å². The van der Waals surface area contributed by atoms with Crippen molar-refractivity contribution in [2.24, 2.45) is 0 Å². The first-order valence-electron chi connectivity index (χ1n) is 8.09. The fourth-order valence-corrected chi connectivity index (χ4v) is 4.09. The summed E-state index contributed by atoms with van der Waals surface area (Å²) in [5.74, 6) is 0.555. The second-order valence-corrected chi connectivity index (χ2v) is 7.09. The third-order valence-corrected chi connectivity index (χ3v) is 5.36. The van der Waals surface area contributed by atoms with Crippen LogP contribution in [0, 0.1) is 10.1 Å². The van der Waals surface area contributed by atoms with E-state index in [-0.39, 0.29) is 17.6 Å². The number of nitrogens with zero attached hydrogens (tertiary/aromatic N) is 2. The predicted molar refractivity (Wildman–Crippen MR) is 94.3 cm³/mol. The Kier molecular flexibility index (Phi) is 4.94. The molecular weight excluding hydrogens is 324 g/mol. The first-order chi connectivity index (χ1) is 11.5. The second kappa shape index (κ2) is 7.13. The van der Waals surface area contributed by atoms with Crippen LogP contribution in [0.25, 0.3) is 0 Å². The molecule has 1 aliphatic rings. The number of amides is 1. The van der Waals surface area contributed by atoms with E-state index in [1.807, 2.05) is 11.0 Å². The predicted octanol–water partition coefficient (Wildman–Crippen LogP) is 3.99. The Bertz CT molecular complexity index is 730. The van der Waals surface area contributed by atoms with Crippen LogP contribution in [-0.4, -0.2) is 28.3 Å². The highest BCUT2D eigenvalue weighted by Crippen LogP contribution is 2.33. The molecule has 0 radical (unpaired) electrons. The number of hydrogen-bond acceptors (Lipinski definition) is 4. The van der Waals surface area contributed by atoms with Gasteiger partial charge in [0.05, 0.1) is 4.92 Å². The highest BCUT2D eigenvalue weighted by atomic mass is 32.1. The van der Waals surface area contributed by atoms with E-state index in [9.17, 15) is 14.9 Å². The summed E-state index contributed by atoms with van der Waals surface area (Å²) in [7, 11) is 0. The Balaban J connectivity index is 1.59. The fraction of sp³-hybridized carbons (Fsp3) is 0.389. The van der Waals surface area contributed by atoms with E-state index >= 15 is 0 Å². The molecule has 0 aliphatic carbocycles. The number of carbonyl (C=O) groups excluding carboxylic acids is 1. The molecule has 0 unspecified atom stereocenters. The van der Waals surface area contributed by atoms with E-state index in [2.05, 4.69) is 23.8 Å². The molecule has 24 heavy (non-hydrogen) atoms. The maximum Gasteiger partial charge on any atom is 0.269 e. The SMILES string of the molecule is C[C@H]1C[C@@H](c2ccsc2)CN1C(=O)CCc1cccc([N+](=O)[O-])c1. The topological polar surface area (TPSA) is 63.5 Å². The number of likely N-dealkylation sites (tertiary alicyclic amines) is 1. The van der Waals surface area contributed by atoms with E-state index in [1.165, 1.54) is 11.6 Å². The molecule has 0 saturated carbocycles. The Labute approximate surface area is 145 Å². The molecule has 5 nitrogen and oxygen atoms in total. The van der Waals surface area contributed by atoms with E-state index in [4.69, 9.17) is 0 Å². The van der Waals surface area contributed by atoms with Crippen LogP contribution >= 0.6 is 11.3 Å². The molecule has 0 spiro atoms. The van der Waals surface area contributed by atoms with Crippen LogP contribution < -0.4 is 0 Å². The van der Waals surface area contributed by atoms with Gasteiger partial charge in [0.2, 0.25) is 5.91 Å². The van der Waals surface area contributed by atoms with Crippen molar-refractivity contribution in [3.63, 3.8) is 0 Å². The highest BCUT2D eigenvalue weighted by Gasteiger charge is 2.32. The Morgan fingerprint density at radius 1 is 1.42 bits per heavy atom. The van der Waals surface area contributed by atoms with Gasteiger partial charge in [0.15, 0.2) is 0 Å². The van der Waals surface area contributed by atoms with Gasteiger partial charge in [0.25, 0.3) is 5.69 Å². The van der Waals surface area contributed by atoms with Crippen LogP contribution in [0.4, 0.5) is 5.69 Å². The van der Waals surface area contributed by atoms with Gasteiger partial charge < -0.3 is 4.90 Å². The standard InChI is InChI=1S/C18H20N2O3S/c1-13-9-16(15-7-8-24-12-15)11-19(13)18(21)6-5-14-3-2-4-17(10-14)20(22)23/h2-4,7-8,10,12-13,16H,5-6,9,11H2,1H3/t13-,16+/m0/s1. The average Bonchev–Trinajstić information content (AvgIpc) is 3.22. The van der Waals surface area contributed by atoms with Gasteiger partial charge in [0, 0.05) is 37.1 Å². The van der Waals surface area contributed by atoms with Gasteiger partial charge in [-0.3, -0.25) is 14.9 Å². The van der Waals surface area contributed by atoms with Crippen molar-refractivity contribution >= 4 is 22.9 Å². The lowest BCUT2D eigenvalue weighted by molar-refractivity contribution is -0.384. The molecule has 1 aliphatic heterocycles. The number of non-ortho nitro benzene ring substituents is 1. The maximum atomic E-state index is 12.6. The third-order valence-electron chi connectivity index (χ3n) is 4.66. The molecular formula is C18H20N2O3S. The van der Waals surface area contributed by atoms with E-state index < -0.39 is 4.92 Å². The molecule has 6 heteroatoms. The first-order valence-corrected chi connectivity index (χ1v) is 9.04. The lowest BCUT2D eigenvalue weighted by Crippen LogP contribution is -2.34. The van der Waals surface area contributed by atoms with Crippen LogP contribution in [0.5, 0.6) is 0 Å². The molecule has 1 fully saturated rings. The van der Waals surface area contributed by atoms with Crippen LogP contribution in [0.2, 0.25) is 0 Å². The fourth-order valence-electron chi connectivity index (χ4n) is 3.35.